The first-order chi connectivity index (χ1) is 8.88. The van der Waals surface area contributed by atoms with Crippen molar-refractivity contribution in [1.29, 1.82) is 0 Å². The van der Waals surface area contributed by atoms with Crippen molar-refractivity contribution in [2.24, 2.45) is 14.1 Å². The normalized spacial score (nSPS) is 12.9. The Morgan fingerprint density at radius 2 is 1.79 bits per heavy atom. The fourth-order valence-corrected chi connectivity index (χ4v) is 2.52. The van der Waals surface area contributed by atoms with Crippen molar-refractivity contribution < 1.29 is 5.11 Å². The minimum atomic E-state index is -0.406. The zero-order chi connectivity index (χ0) is 14.2. The topological polar surface area (TPSA) is 55.9 Å². The summed E-state index contributed by atoms with van der Waals surface area (Å²) in [6, 6.07) is 2.02. The van der Waals surface area contributed by atoms with Gasteiger partial charge in [-0.15, -0.1) is 0 Å². The number of aryl methyl sites for hydroxylation is 4. The van der Waals surface area contributed by atoms with E-state index in [1.54, 1.807) is 0 Å². The van der Waals surface area contributed by atoms with Crippen LogP contribution in [0.3, 0.4) is 0 Å². The van der Waals surface area contributed by atoms with Gasteiger partial charge in [0.2, 0.25) is 0 Å². The fraction of sp³-hybridized carbons (Fsp3) is 0.571. The van der Waals surface area contributed by atoms with Crippen LogP contribution in [0.15, 0.2) is 6.07 Å². The van der Waals surface area contributed by atoms with Crippen molar-refractivity contribution in [2.75, 3.05) is 0 Å². The molecular weight excluding hydrogens is 240 g/mol. The van der Waals surface area contributed by atoms with Crippen LogP contribution in [0.4, 0.5) is 0 Å². The number of aliphatic hydroxyl groups is 1. The van der Waals surface area contributed by atoms with Crippen LogP contribution in [0.1, 0.15) is 28.3 Å². The Morgan fingerprint density at radius 3 is 2.26 bits per heavy atom. The summed E-state index contributed by atoms with van der Waals surface area (Å²) >= 11 is 0. The molecule has 1 unspecified atom stereocenters. The molecule has 0 aliphatic carbocycles. The van der Waals surface area contributed by atoms with Crippen molar-refractivity contribution in [2.45, 2.75) is 39.7 Å². The standard InChI is InChI=1S/C14H22N4O/c1-9-6-12(18(5)15-9)7-13(19)8-14-10(2)16-17(4)11(14)3/h6,13,19H,7-8H2,1-5H3. The number of hydrogen-bond acceptors (Lipinski definition) is 3. The molecule has 5 nitrogen and oxygen atoms in total. The molecule has 2 rings (SSSR count). The van der Waals surface area contributed by atoms with Gasteiger partial charge in [-0.05, 0) is 32.4 Å². The van der Waals surface area contributed by atoms with E-state index < -0.39 is 6.10 Å². The highest BCUT2D eigenvalue weighted by atomic mass is 16.3. The second-order valence-electron chi connectivity index (χ2n) is 5.24. The summed E-state index contributed by atoms with van der Waals surface area (Å²) in [6.45, 7) is 5.99. The summed E-state index contributed by atoms with van der Waals surface area (Å²) in [5.74, 6) is 0. The maximum atomic E-state index is 10.3. The molecule has 0 aliphatic heterocycles. The first-order valence-electron chi connectivity index (χ1n) is 6.55. The van der Waals surface area contributed by atoms with Gasteiger partial charge in [0.1, 0.15) is 0 Å². The molecule has 0 radical (unpaired) electrons. The lowest BCUT2D eigenvalue weighted by Gasteiger charge is -2.11. The molecule has 0 amide bonds. The molecule has 0 aliphatic rings. The highest BCUT2D eigenvalue weighted by Crippen LogP contribution is 2.16. The molecule has 1 atom stereocenters. The average Bonchev–Trinajstić information content (AvgIpc) is 2.73. The summed E-state index contributed by atoms with van der Waals surface area (Å²) in [6.07, 6.45) is 0.845. The number of hydrogen-bond donors (Lipinski definition) is 1. The molecule has 0 saturated heterocycles. The lowest BCUT2D eigenvalue weighted by Crippen LogP contribution is -2.17. The minimum Gasteiger partial charge on any atom is -0.392 e. The first kappa shape index (κ1) is 13.8. The van der Waals surface area contributed by atoms with Crippen LogP contribution in [0.5, 0.6) is 0 Å². The fourth-order valence-electron chi connectivity index (χ4n) is 2.52. The Balaban J connectivity index is 2.09. The summed E-state index contributed by atoms with van der Waals surface area (Å²) < 4.78 is 3.70. The van der Waals surface area contributed by atoms with E-state index in [1.807, 2.05) is 50.3 Å². The minimum absolute atomic E-state index is 0.406. The quantitative estimate of drug-likeness (QED) is 0.901. The van der Waals surface area contributed by atoms with Gasteiger partial charge in [0.05, 0.1) is 17.5 Å². The molecule has 0 fully saturated rings. The van der Waals surface area contributed by atoms with Gasteiger partial charge >= 0.3 is 0 Å². The molecule has 0 saturated carbocycles. The van der Waals surface area contributed by atoms with Crippen LogP contribution >= 0.6 is 0 Å². The van der Waals surface area contributed by atoms with Crippen molar-refractivity contribution in [1.82, 2.24) is 19.6 Å². The van der Waals surface area contributed by atoms with E-state index >= 15 is 0 Å². The molecule has 0 aromatic carbocycles. The monoisotopic (exact) mass is 262 g/mol. The van der Waals surface area contributed by atoms with Crippen LogP contribution < -0.4 is 0 Å². The van der Waals surface area contributed by atoms with Crippen molar-refractivity contribution in [3.05, 3.63) is 34.4 Å². The summed E-state index contributed by atoms with van der Waals surface area (Å²) in [5, 5.41) is 18.9. The van der Waals surface area contributed by atoms with E-state index in [1.165, 1.54) is 0 Å². The van der Waals surface area contributed by atoms with Gasteiger partial charge in [0, 0.05) is 38.3 Å². The molecule has 1 N–H and O–H groups in total. The Morgan fingerprint density at radius 1 is 1.11 bits per heavy atom. The van der Waals surface area contributed by atoms with Gasteiger partial charge < -0.3 is 5.11 Å². The molecule has 19 heavy (non-hydrogen) atoms. The molecule has 0 spiro atoms. The van der Waals surface area contributed by atoms with Crippen LogP contribution in [0, 0.1) is 20.8 Å². The van der Waals surface area contributed by atoms with E-state index in [2.05, 4.69) is 10.2 Å². The van der Waals surface area contributed by atoms with Gasteiger partial charge in [-0.1, -0.05) is 0 Å². The summed E-state index contributed by atoms with van der Waals surface area (Å²) in [5.41, 5.74) is 5.31. The predicted octanol–water partition coefficient (Wildman–Crippen LogP) is 1.22. The largest absolute Gasteiger partial charge is 0.392 e. The highest BCUT2D eigenvalue weighted by Gasteiger charge is 2.16. The molecule has 2 aromatic rings. The van der Waals surface area contributed by atoms with Crippen LogP contribution in [0.2, 0.25) is 0 Å². The first-order valence-corrected chi connectivity index (χ1v) is 6.55. The Bertz CT molecular complexity index is 583. The van der Waals surface area contributed by atoms with E-state index in [0.29, 0.717) is 12.8 Å². The van der Waals surface area contributed by atoms with Gasteiger partial charge in [0.25, 0.3) is 0 Å². The molecule has 2 aromatic heterocycles. The average molecular weight is 262 g/mol. The Kier molecular flexibility index (Phi) is 3.75. The molecule has 2 heterocycles. The lowest BCUT2D eigenvalue weighted by atomic mass is 10.0. The maximum Gasteiger partial charge on any atom is 0.0637 e. The second kappa shape index (κ2) is 5.17. The van der Waals surface area contributed by atoms with Gasteiger partial charge in [-0.25, -0.2) is 0 Å². The van der Waals surface area contributed by atoms with E-state index in [9.17, 15) is 5.11 Å². The third kappa shape index (κ3) is 2.87. The van der Waals surface area contributed by atoms with Crippen LogP contribution in [-0.2, 0) is 26.9 Å². The Hall–Kier alpha value is -1.62. The number of aromatic nitrogens is 4. The highest BCUT2D eigenvalue weighted by molar-refractivity contribution is 5.25. The number of aliphatic hydroxyl groups excluding tert-OH is 1. The van der Waals surface area contributed by atoms with E-state index in [-0.39, 0.29) is 0 Å². The smallest absolute Gasteiger partial charge is 0.0637 e. The Labute approximate surface area is 113 Å². The molecule has 0 bridgehead atoms. The van der Waals surface area contributed by atoms with Crippen molar-refractivity contribution in [3.63, 3.8) is 0 Å². The van der Waals surface area contributed by atoms with Gasteiger partial charge in [-0.3, -0.25) is 9.36 Å². The van der Waals surface area contributed by atoms with Crippen molar-refractivity contribution >= 4 is 0 Å². The second-order valence-corrected chi connectivity index (χ2v) is 5.24. The summed E-state index contributed by atoms with van der Waals surface area (Å²) in [4.78, 5) is 0. The number of rotatable bonds is 4. The zero-order valence-corrected chi connectivity index (χ0v) is 12.3. The van der Waals surface area contributed by atoms with E-state index in [0.717, 1.165) is 28.3 Å². The predicted molar refractivity (Wildman–Crippen MR) is 74.0 cm³/mol. The molecule has 104 valence electrons. The summed E-state index contributed by atoms with van der Waals surface area (Å²) in [7, 11) is 3.85. The maximum absolute atomic E-state index is 10.3. The number of nitrogens with zero attached hydrogens (tertiary/aromatic N) is 4. The van der Waals surface area contributed by atoms with Gasteiger partial charge in [-0.2, -0.15) is 10.2 Å². The zero-order valence-electron chi connectivity index (χ0n) is 12.3. The van der Waals surface area contributed by atoms with Crippen LogP contribution in [0.25, 0.3) is 0 Å². The third-order valence-electron chi connectivity index (χ3n) is 3.64. The third-order valence-corrected chi connectivity index (χ3v) is 3.64. The molecule has 5 heteroatoms. The molecular formula is C14H22N4O. The SMILES string of the molecule is Cc1cc(CC(O)Cc2c(C)nn(C)c2C)n(C)n1. The van der Waals surface area contributed by atoms with Crippen LogP contribution in [-0.4, -0.2) is 30.8 Å². The van der Waals surface area contributed by atoms with E-state index in [4.69, 9.17) is 0 Å². The van der Waals surface area contributed by atoms with Crippen molar-refractivity contribution in [3.8, 4) is 0 Å². The van der Waals surface area contributed by atoms with Gasteiger partial charge in [0.15, 0.2) is 0 Å². The lowest BCUT2D eigenvalue weighted by molar-refractivity contribution is 0.172.